The highest BCUT2D eigenvalue weighted by molar-refractivity contribution is 5.70. The number of nitrogens with one attached hydrogen (secondary N) is 1. The summed E-state index contributed by atoms with van der Waals surface area (Å²) in [5.74, 6) is -0.753. The first-order valence-corrected chi connectivity index (χ1v) is 7.73. The summed E-state index contributed by atoms with van der Waals surface area (Å²) < 4.78 is 0. The van der Waals surface area contributed by atoms with Crippen molar-refractivity contribution in [3.8, 4) is 0 Å². The van der Waals surface area contributed by atoms with Gasteiger partial charge in [0, 0.05) is 12.6 Å². The van der Waals surface area contributed by atoms with Crippen molar-refractivity contribution in [2.75, 3.05) is 0 Å². The number of aliphatic carboxylic acids is 1. The lowest BCUT2D eigenvalue weighted by atomic mass is 9.86. The molecule has 0 heterocycles. The molecule has 3 nitrogen and oxygen atoms in total. The minimum Gasteiger partial charge on any atom is -0.481 e. The molecule has 1 aromatic rings. The summed E-state index contributed by atoms with van der Waals surface area (Å²) in [5.41, 5.74) is 2.73. The van der Waals surface area contributed by atoms with Gasteiger partial charge in [-0.1, -0.05) is 37.6 Å². The molecule has 110 valence electrons. The maximum absolute atomic E-state index is 10.9. The van der Waals surface area contributed by atoms with Gasteiger partial charge in [0.25, 0.3) is 0 Å². The Hall–Kier alpha value is -1.35. The molecular formula is C17H25NO2. The molecule has 20 heavy (non-hydrogen) atoms. The van der Waals surface area contributed by atoms with Gasteiger partial charge in [-0.25, -0.2) is 0 Å². The van der Waals surface area contributed by atoms with Gasteiger partial charge in [0.1, 0.15) is 0 Å². The maximum atomic E-state index is 10.9. The molecule has 0 aliphatic heterocycles. The van der Waals surface area contributed by atoms with Gasteiger partial charge < -0.3 is 10.4 Å². The van der Waals surface area contributed by atoms with Crippen molar-refractivity contribution in [1.29, 1.82) is 0 Å². The molecule has 1 fully saturated rings. The van der Waals surface area contributed by atoms with E-state index in [9.17, 15) is 4.79 Å². The molecule has 2 rings (SSSR count). The standard InChI is InChI=1S/C17H25NO2/c1-2-4-13-5-3-6-14(11-13)12-18-16-9-7-15(8-10-16)17(19)20/h3,5-6,11,15-16,18H,2,4,7-10,12H2,1H3,(H,19,20). The van der Waals surface area contributed by atoms with E-state index in [4.69, 9.17) is 5.11 Å². The number of aryl methyl sites for hydroxylation is 1. The predicted octanol–water partition coefficient (Wildman–Crippen LogP) is 3.37. The van der Waals surface area contributed by atoms with Crippen LogP contribution in [0.25, 0.3) is 0 Å². The van der Waals surface area contributed by atoms with Gasteiger partial charge in [-0.15, -0.1) is 0 Å². The van der Waals surface area contributed by atoms with Crippen LogP contribution in [0.5, 0.6) is 0 Å². The SMILES string of the molecule is CCCc1cccc(CNC2CCC(C(=O)O)CC2)c1. The molecule has 0 bridgehead atoms. The van der Waals surface area contributed by atoms with Crippen LogP contribution in [-0.2, 0) is 17.8 Å². The third-order valence-corrected chi connectivity index (χ3v) is 4.20. The molecule has 1 aliphatic carbocycles. The lowest BCUT2D eigenvalue weighted by Gasteiger charge is -2.27. The Kier molecular flexibility index (Phi) is 5.60. The van der Waals surface area contributed by atoms with E-state index in [1.807, 2.05) is 0 Å². The fourth-order valence-electron chi connectivity index (χ4n) is 2.99. The van der Waals surface area contributed by atoms with E-state index in [1.165, 1.54) is 17.5 Å². The smallest absolute Gasteiger partial charge is 0.306 e. The van der Waals surface area contributed by atoms with Crippen molar-refractivity contribution in [2.24, 2.45) is 5.92 Å². The lowest BCUT2D eigenvalue weighted by Crippen LogP contribution is -2.34. The van der Waals surface area contributed by atoms with Crippen molar-refractivity contribution in [1.82, 2.24) is 5.32 Å². The number of rotatable bonds is 6. The van der Waals surface area contributed by atoms with Crippen molar-refractivity contribution >= 4 is 5.97 Å². The van der Waals surface area contributed by atoms with E-state index in [1.54, 1.807) is 0 Å². The number of carboxylic acids is 1. The van der Waals surface area contributed by atoms with Gasteiger partial charge >= 0.3 is 5.97 Å². The third kappa shape index (κ3) is 4.34. The number of hydrogen-bond acceptors (Lipinski definition) is 2. The zero-order valence-electron chi connectivity index (χ0n) is 12.3. The van der Waals surface area contributed by atoms with Crippen molar-refractivity contribution in [3.05, 3.63) is 35.4 Å². The number of carbonyl (C=O) groups is 1. The van der Waals surface area contributed by atoms with E-state index >= 15 is 0 Å². The van der Waals surface area contributed by atoms with Gasteiger partial charge in [0.05, 0.1) is 5.92 Å². The van der Waals surface area contributed by atoms with Gasteiger partial charge in [0.15, 0.2) is 0 Å². The monoisotopic (exact) mass is 275 g/mol. The second kappa shape index (κ2) is 7.44. The van der Waals surface area contributed by atoms with Crippen LogP contribution in [0.15, 0.2) is 24.3 Å². The van der Waals surface area contributed by atoms with E-state index < -0.39 is 5.97 Å². The minimum absolute atomic E-state index is 0.124. The first-order valence-electron chi connectivity index (χ1n) is 7.73. The van der Waals surface area contributed by atoms with Crippen LogP contribution in [0.3, 0.4) is 0 Å². The van der Waals surface area contributed by atoms with Crippen LogP contribution in [0.4, 0.5) is 0 Å². The van der Waals surface area contributed by atoms with Crippen LogP contribution in [-0.4, -0.2) is 17.1 Å². The summed E-state index contributed by atoms with van der Waals surface area (Å²) >= 11 is 0. The highest BCUT2D eigenvalue weighted by Gasteiger charge is 2.25. The van der Waals surface area contributed by atoms with Gasteiger partial charge in [0.2, 0.25) is 0 Å². The predicted molar refractivity (Wildman–Crippen MR) is 80.7 cm³/mol. The molecule has 0 radical (unpaired) electrons. The van der Waals surface area contributed by atoms with Gasteiger partial charge in [-0.2, -0.15) is 0 Å². The number of benzene rings is 1. The Bertz CT molecular complexity index is 436. The number of carboxylic acid groups (broad SMARTS) is 1. The molecule has 0 atom stereocenters. The average Bonchev–Trinajstić information content (AvgIpc) is 2.46. The van der Waals surface area contributed by atoms with Gasteiger partial charge in [-0.05, 0) is 43.2 Å². The Morgan fingerprint density at radius 1 is 1.25 bits per heavy atom. The molecule has 0 amide bonds. The summed E-state index contributed by atoms with van der Waals surface area (Å²) in [6.45, 7) is 3.09. The highest BCUT2D eigenvalue weighted by atomic mass is 16.4. The minimum atomic E-state index is -0.629. The quantitative estimate of drug-likeness (QED) is 0.837. The Balaban J connectivity index is 1.78. The summed E-state index contributed by atoms with van der Waals surface area (Å²) in [7, 11) is 0. The molecule has 2 N–H and O–H groups in total. The topological polar surface area (TPSA) is 49.3 Å². The van der Waals surface area contributed by atoms with Crippen LogP contribution >= 0.6 is 0 Å². The normalized spacial score (nSPS) is 22.6. The van der Waals surface area contributed by atoms with E-state index in [0.29, 0.717) is 6.04 Å². The number of hydrogen-bond donors (Lipinski definition) is 2. The first-order chi connectivity index (χ1) is 9.69. The van der Waals surface area contributed by atoms with Crippen LogP contribution < -0.4 is 5.32 Å². The van der Waals surface area contributed by atoms with Crippen LogP contribution in [0, 0.1) is 5.92 Å². The summed E-state index contributed by atoms with van der Waals surface area (Å²) in [4.78, 5) is 10.9. The van der Waals surface area contributed by atoms with E-state index in [2.05, 4.69) is 36.5 Å². The van der Waals surface area contributed by atoms with E-state index in [0.717, 1.165) is 38.6 Å². The average molecular weight is 275 g/mol. The van der Waals surface area contributed by atoms with Crippen LogP contribution in [0.2, 0.25) is 0 Å². The van der Waals surface area contributed by atoms with Crippen molar-refractivity contribution in [2.45, 2.75) is 58.0 Å². The molecule has 1 saturated carbocycles. The zero-order chi connectivity index (χ0) is 14.4. The molecule has 3 heteroatoms. The van der Waals surface area contributed by atoms with Crippen molar-refractivity contribution in [3.63, 3.8) is 0 Å². The first kappa shape index (κ1) is 15.0. The van der Waals surface area contributed by atoms with Gasteiger partial charge in [-0.3, -0.25) is 4.79 Å². The Morgan fingerprint density at radius 3 is 2.60 bits per heavy atom. The molecule has 0 aromatic heterocycles. The second-order valence-corrected chi connectivity index (χ2v) is 5.84. The molecule has 1 aromatic carbocycles. The zero-order valence-corrected chi connectivity index (χ0v) is 12.3. The van der Waals surface area contributed by atoms with E-state index in [-0.39, 0.29) is 5.92 Å². The fourth-order valence-corrected chi connectivity index (χ4v) is 2.99. The largest absolute Gasteiger partial charge is 0.481 e. The fraction of sp³-hybridized carbons (Fsp3) is 0.588. The highest BCUT2D eigenvalue weighted by Crippen LogP contribution is 2.24. The summed E-state index contributed by atoms with van der Waals surface area (Å²) in [5, 5.41) is 12.6. The van der Waals surface area contributed by atoms with Crippen LogP contribution in [0.1, 0.15) is 50.2 Å². The third-order valence-electron chi connectivity index (χ3n) is 4.20. The van der Waals surface area contributed by atoms with Crippen molar-refractivity contribution < 1.29 is 9.90 Å². The molecule has 0 spiro atoms. The summed E-state index contributed by atoms with van der Waals surface area (Å²) in [6, 6.07) is 9.23. The second-order valence-electron chi connectivity index (χ2n) is 5.84. The Labute approximate surface area is 121 Å². The molecular weight excluding hydrogens is 250 g/mol. The summed E-state index contributed by atoms with van der Waals surface area (Å²) in [6.07, 6.45) is 5.89. The molecule has 1 aliphatic rings. The maximum Gasteiger partial charge on any atom is 0.306 e. The Morgan fingerprint density at radius 2 is 1.95 bits per heavy atom. The molecule has 0 unspecified atom stereocenters. The lowest BCUT2D eigenvalue weighted by molar-refractivity contribution is -0.142. The molecule has 0 saturated heterocycles.